The van der Waals surface area contributed by atoms with Gasteiger partial charge in [0.1, 0.15) is 16.4 Å². The Labute approximate surface area is 174 Å². The SMILES string of the molecule is COC(=O)c1ccc(N2CCC(c3cc(Cl)cc(Cl)c3)(C(F)(F)F)C2)nc1Cl. The van der Waals surface area contributed by atoms with Crippen molar-refractivity contribution in [2.24, 2.45) is 0 Å². The van der Waals surface area contributed by atoms with Gasteiger partial charge < -0.3 is 9.64 Å². The minimum atomic E-state index is -4.54. The van der Waals surface area contributed by atoms with Crippen molar-refractivity contribution in [3.05, 3.63) is 56.7 Å². The average Bonchev–Trinajstić information content (AvgIpc) is 3.07. The lowest BCUT2D eigenvalue weighted by atomic mass is 9.79. The Bertz CT molecular complexity index is 903. The molecule has 10 heteroatoms. The number of hydrogen-bond acceptors (Lipinski definition) is 4. The van der Waals surface area contributed by atoms with Crippen molar-refractivity contribution in [3.63, 3.8) is 0 Å². The maximum atomic E-state index is 14.1. The minimum absolute atomic E-state index is 0.00252. The van der Waals surface area contributed by atoms with Crippen LogP contribution in [0, 0.1) is 0 Å². The summed E-state index contributed by atoms with van der Waals surface area (Å²) in [6.07, 6.45) is -4.74. The molecule has 0 amide bonds. The summed E-state index contributed by atoms with van der Waals surface area (Å²) in [6.45, 7) is -0.293. The maximum absolute atomic E-state index is 14.1. The number of alkyl halides is 3. The van der Waals surface area contributed by atoms with Crippen LogP contribution in [-0.4, -0.2) is 37.3 Å². The number of halogens is 6. The van der Waals surface area contributed by atoms with Crippen LogP contribution >= 0.6 is 34.8 Å². The number of esters is 1. The van der Waals surface area contributed by atoms with Crippen molar-refractivity contribution in [2.45, 2.75) is 18.0 Å². The van der Waals surface area contributed by atoms with Crippen LogP contribution in [0.25, 0.3) is 0 Å². The molecule has 4 nitrogen and oxygen atoms in total. The van der Waals surface area contributed by atoms with Crippen molar-refractivity contribution in [3.8, 4) is 0 Å². The summed E-state index contributed by atoms with van der Waals surface area (Å²) in [5, 5.41) is 0.126. The highest BCUT2D eigenvalue weighted by Gasteiger charge is 2.59. The van der Waals surface area contributed by atoms with Gasteiger partial charge >= 0.3 is 12.1 Å². The monoisotopic (exact) mass is 452 g/mol. The number of carbonyl (C=O) groups is 1. The summed E-state index contributed by atoms with van der Waals surface area (Å²) in [7, 11) is 1.20. The highest BCUT2D eigenvalue weighted by Crippen LogP contribution is 2.49. The summed E-state index contributed by atoms with van der Waals surface area (Å²) in [5.74, 6) is -0.444. The first-order valence-electron chi connectivity index (χ1n) is 8.10. The van der Waals surface area contributed by atoms with Gasteiger partial charge in [-0.3, -0.25) is 0 Å². The lowest BCUT2D eigenvalue weighted by molar-refractivity contribution is -0.184. The van der Waals surface area contributed by atoms with E-state index < -0.39 is 17.6 Å². The summed E-state index contributed by atoms with van der Waals surface area (Å²) < 4.78 is 47.0. The van der Waals surface area contributed by atoms with Crippen LogP contribution in [0.2, 0.25) is 15.2 Å². The van der Waals surface area contributed by atoms with E-state index >= 15 is 0 Å². The molecule has 1 aliphatic rings. The Morgan fingerprint density at radius 3 is 2.36 bits per heavy atom. The molecule has 1 unspecified atom stereocenters. The summed E-state index contributed by atoms with van der Waals surface area (Å²) in [5.41, 5.74) is -2.12. The number of methoxy groups -OCH3 is 1. The molecule has 2 heterocycles. The average molecular weight is 454 g/mol. The molecule has 0 saturated carbocycles. The van der Waals surface area contributed by atoms with E-state index in [9.17, 15) is 18.0 Å². The van der Waals surface area contributed by atoms with Crippen LogP contribution in [0.5, 0.6) is 0 Å². The molecule has 3 rings (SSSR count). The van der Waals surface area contributed by atoms with Crippen molar-refractivity contribution < 1.29 is 22.7 Å². The van der Waals surface area contributed by atoms with E-state index in [0.717, 1.165) is 0 Å². The molecule has 150 valence electrons. The Kier molecular flexibility index (Phi) is 5.71. The van der Waals surface area contributed by atoms with Crippen LogP contribution in [0.1, 0.15) is 22.3 Å². The van der Waals surface area contributed by atoms with Gasteiger partial charge in [-0.05, 0) is 42.3 Å². The van der Waals surface area contributed by atoms with E-state index in [1.807, 2.05) is 0 Å². The summed E-state index contributed by atoms with van der Waals surface area (Å²) in [6, 6.07) is 6.77. The standard InChI is InChI=1S/C18H14Cl3F3N2O2/c1-28-16(27)13-2-3-14(25-15(13)21)26-5-4-17(9-26,18(22,23)24)10-6-11(19)8-12(20)7-10/h2-3,6-8H,4-5,9H2,1H3. The normalized spacial score (nSPS) is 19.8. The largest absolute Gasteiger partial charge is 0.465 e. The van der Waals surface area contributed by atoms with E-state index in [2.05, 4.69) is 9.72 Å². The first-order chi connectivity index (χ1) is 13.1. The molecule has 28 heavy (non-hydrogen) atoms. The third-order valence-electron chi connectivity index (χ3n) is 4.79. The number of hydrogen-bond donors (Lipinski definition) is 0. The molecule has 0 aliphatic carbocycles. The number of benzene rings is 1. The zero-order valence-corrected chi connectivity index (χ0v) is 16.8. The lowest BCUT2D eigenvalue weighted by Crippen LogP contribution is -2.45. The molecule has 0 radical (unpaired) electrons. The predicted octanol–water partition coefficient (Wildman–Crippen LogP) is 5.54. The van der Waals surface area contributed by atoms with E-state index in [0.29, 0.717) is 0 Å². The highest BCUT2D eigenvalue weighted by atomic mass is 35.5. The van der Waals surface area contributed by atoms with Crippen molar-refractivity contribution >= 4 is 46.6 Å². The third kappa shape index (κ3) is 3.75. The fourth-order valence-electron chi connectivity index (χ4n) is 3.33. The number of aromatic nitrogens is 1. The van der Waals surface area contributed by atoms with Crippen LogP contribution in [-0.2, 0) is 10.2 Å². The first kappa shape index (κ1) is 21.0. The van der Waals surface area contributed by atoms with E-state index in [1.165, 1.54) is 42.3 Å². The van der Waals surface area contributed by atoms with Crippen LogP contribution in [0.4, 0.5) is 19.0 Å². The first-order valence-corrected chi connectivity index (χ1v) is 9.24. The molecule has 2 aromatic rings. The van der Waals surface area contributed by atoms with Crippen LogP contribution < -0.4 is 4.90 Å². The highest BCUT2D eigenvalue weighted by molar-refractivity contribution is 6.34. The zero-order valence-electron chi connectivity index (χ0n) is 14.5. The van der Waals surface area contributed by atoms with Crippen LogP contribution in [0.15, 0.2) is 30.3 Å². The number of nitrogens with zero attached hydrogens (tertiary/aromatic N) is 2. The smallest absolute Gasteiger partial charge is 0.400 e. The van der Waals surface area contributed by atoms with E-state index in [1.54, 1.807) is 0 Å². The molecule has 1 fully saturated rings. The summed E-state index contributed by atoms with van der Waals surface area (Å²) >= 11 is 17.9. The Balaban J connectivity index is 1.98. The molecular formula is C18H14Cl3F3N2O2. The molecule has 0 N–H and O–H groups in total. The molecule has 1 aromatic heterocycles. The molecule has 0 spiro atoms. The van der Waals surface area contributed by atoms with Gasteiger partial charge in [0.15, 0.2) is 0 Å². The molecule has 1 atom stereocenters. The fourth-order valence-corrected chi connectivity index (χ4v) is 4.08. The molecule has 0 bridgehead atoms. The summed E-state index contributed by atoms with van der Waals surface area (Å²) in [4.78, 5) is 17.2. The zero-order chi connectivity index (χ0) is 20.7. The Morgan fingerprint density at radius 1 is 1.18 bits per heavy atom. The quantitative estimate of drug-likeness (QED) is 0.452. The Morgan fingerprint density at radius 2 is 1.82 bits per heavy atom. The number of rotatable bonds is 3. The van der Waals surface area contributed by atoms with Gasteiger partial charge in [0.2, 0.25) is 0 Å². The van der Waals surface area contributed by atoms with Crippen molar-refractivity contribution in [2.75, 3.05) is 25.1 Å². The molecular weight excluding hydrogens is 440 g/mol. The van der Waals surface area contributed by atoms with Gasteiger partial charge in [-0.2, -0.15) is 13.2 Å². The van der Waals surface area contributed by atoms with Gasteiger partial charge in [0.25, 0.3) is 0 Å². The van der Waals surface area contributed by atoms with Crippen molar-refractivity contribution in [1.82, 2.24) is 4.98 Å². The Hall–Kier alpha value is -1.70. The van der Waals surface area contributed by atoms with Gasteiger partial charge in [0, 0.05) is 23.1 Å². The fraction of sp³-hybridized carbons (Fsp3) is 0.333. The van der Waals surface area contributed by atoms with Gasteiger partial charge in [-0.25, -0.2) is 9.78 Å². The number of ether oxygens (including phenoxy) is 1. The minimum Gasteiger partial charge on any atom is -0.465 e. The molecule has 1 saturated heterocycles. The maximum Gasteiger partial charge on any atom is 0.400 e. The molecule has 1 aliphatic heterocycles. The van der Waals surface area contributed by atoms with Gasteiger partial charge in [0.05, 0.1) is 12.7 Å². The molecule has 1 aromatic carbocycles. The number of pyridine rings is 1. The number of carbonyl (C=O) groups excluding carboxylic acids is 1. The third-order valence-corrected chi connectivity index (χ3v) is 5.51. The van der Waals surface area contributed by atoms with Crippen molar-refractivity contribution in [1.29, 1.82) is 0 Å². The lowest BCUT2D eigenvalue weighted by Gasteiger charge is -2.32. The number of anilines is 1. The topological polar surface area (TPSA) is 42.4 Å². The van der Waals surface area contributed by atoms with E-state index in [4.69, 9.17) is 34.8 Å². The van der Waals surface area contributed by atoms with Gasteiger partial charge in [-0.1, -0.05) is 34.8 Å². The second-order valence-corrected chi connectivity index (χ2v) is 7.64. The van der Waals surface area contributed by atoms with Crippen LogP contribution in [0.3, 0.4) is 0 Å². The second-order valence-electron chi connectivity index (χ2n) is 6.41. The predicted molar refractivity (Wildman–Crippen MR) is 102 cm³/mol. The van der Waals surface area contributed by atoms with E-state index in [-0.39, 0.29) is 51.7 Å². The van der Waals surface area contributed by atoms with Gasteiger partial charge in [-0.15, -0.1) is 0 Å². The second kappa shape index (κ2) is 7.61.